The van der Waals surface area contributed by atoms with Gasteiger partial charge in [0.15, 0.2) is 0 Å². The lowest BCUT2D eigenvalue weighted by Crippen LogP contribution is -2.63. The Morgan fingerprint density at radius 2 is 1.59 bits per heavy atom. The highest BCUT2D eigenvalue weighted by molar-refractivity contribution is 5.55. The zero-order valence-electron chi connectivity index (χ0n) is 22.4. The minimum absolute atomic E-state index is 0.252. The Morgan fingerprint density at radius 1 is 0.875 bits per heavy atom. The Balaban J connectivity index is 1.58. The van der Waals surface area contributed by atoms with Gasteiger partial charge < -0.3 is 4.79 Å². The van der Waals surface area contributed by atoms with Gasteiger partial charge in [-0.15, -0.1) is 0 Å². The lowest BCUT2D eigenvalue weighted by atomic mass is 9.33. The molecule has 180 valence electrons. The fourth-order valence-electron chi connectivity index (χ4n) is 11.3. The number of fused-ring (bicyclic) bond motifs is 7. The van der Waals surface area contributed by atoms with Gasteiger partial charge in [0, 0.05) is 5.92 Å². The van der Waals surface area contributed by atoms with Gasteiger partial charge in [-0.05, 0) is 108 Å². The molecule has 0 saturated heterocycles. The van der Waals surface area contributed by atoms with Crippen molar-refractivity contribution in [3.63, 3.8) is 0 Å². The van der Waals surface area contributed by atoms with Crippen LogP contribution in [0.25, 0.3) is 0 Å². The highest BCUT2D eigenvalue weighted by atomic mass is 16.1. The summed E-state index contributed by atoms with van der Waals surface area (Å²) in [7, 11) is 0. The van der Waals surface area contributed by atoms with Crippen LogP contribution in [-0.2, 0) is 4.79 Å². The van der Waals surface area contributed by atoms with Crippen molar-refractivity contribution in [2.75, 3.05) is 0 Å². The third-order valence-electron chi connectivity index (χ3n) is 13.5. The molecule has 4 fully saturated rings. The van der Waals surface area contributed by atoms with Gasteiger partial charge in [0.1, 0.15) is 6.29 Å². The van der Waals surface area contributed by atoms with E-state index in [1.165, 1.54) is 57.7 Å². The SMILES string of the molecule is C[C@H]1[C@H](C)C(C=O)C[C@]2(C)CC[C@]3(C)C(=CCC4[C@@]5(C)CCCC(C)(C)[C@@H]5CC[C@]43C)[C@H]12. The van der Waals surface area contributed by atoms with Crippen LogP contribution in [0.3, 0.4) is 0 Å². The van der Waals surface area contributed by atoms with E-state index >= 15 is 0 Å². The van der Waals surface area contributed by atoms with Crippen LogP contribution in [0.1, 0.15) is 113 Å². The fraction of sp³-hybridized carbons (Fsp3) is 0.903. The molecule has 1 heteroatoms. The van der Waals surface area contributed by atoms with E-state index in [0.29, 0.717) is 44.8 Å². The third kappa shape index (κ3) is 2.72. The maximum Gasteiger partial charge on any atom is 0.123 e. The molecule has 5 aliphatic rings. The van der Waals surface area contributed by atoms with Crippen molar-refractivity contribution < 1.29 is 4.79 Å². The Bertz CT molecular complexity index is 822. The minimum atomic E-state index is 0.252. The zero-order chi connectivity index (χ0) is 23.3. The molecule has 0 N–H and O–H groups in total. The van der Waals surface area contributed by atoms with Gasteiger partial charge in [-0.2, -0.15) is 0 Å². The van der Waals surface area contributed by atoms with Crippen LogP contribution >= 0.6 is 0 Å². The quantitative estimate of drug-likeness (QED) is 0.296. The average Bonchev–Trinajstić information content (AvgIpc) is 2.71. The summed E-state index contributed by atoms with van der Waals surface area (Å²) in [6.45, 7) is 20.6. The lowest BCUT2D eigenvalue weighted by molar-refractivity contribution is -0.182. The molecular formula is C31H50O. The van der Waals surface area contributed by atoms with Crippen LogP contribution in [0.4, 0.5) is 0 Å². The molecule has 5 aliphatic carbocycles. The molecule has 0 radical (unpaired) electrons. The van der Waals surface area contributed by atoms with Crippen LogP contribution in [0.2, 0.25) is 0 Å². The van der Waals surface area contributed by atoms with E-state index in [1.807, 2.05) is 5.57 Å². The van der Waals surface area contributed by atoms with E-state index < -0.39 is 0 Å². The molecule has 0 heterocycles. The highest BCUT2D eigenvalue weighted by Crippen LogP contribution is 2.75. The largest absolute Gasteiger partial charge is 0.303 e. The predicted octanol–water partition coefficient (Wildman–Crippen LogP) is 8.48. The first-order valence-electron chi connectivity index (χ1n) is 14.0. The lowest BCUT2D eigenvalue weighted by Gasteiger charge is -2.71. The van der Waals surface area contributed by atoms with Gasteiger partial charge in [-0.25, -0.2) is 0 Å². The van der Waals surface area contributed by atoms with Gasteiger partial charge in [0.2, 0.25) is 0 Å². The van der Waals surface area contributed by atoms with Crippen molar-refractivity contribution in [3.8, 4) is 0 Å². The molecule has 10 atom stereocenters. The first-order valence-corrected chi connectivity index (χ1v) is 14.0. The smallest absolute Gasteiger partial charge is 0.123 e. The predicted molar refractivity (Wildman–Crippen MR) is 134 cm³/mol. The first kappa shape index (κ1) is 23.2. The van der Waals surface area contributed by atoms with E-state index in [0.717, 1.165) is 18.3 Å². The van der Waals surface area contributed by atoms with Crippen LogP contribution < -0.4 is 0 Å². The van der Waals surface area contributed by atoms with Crippen LogP contribution in [-0.4, -0.2) is 6.29 Å². The molecule has 2 unspecified atom stereocenters. The standard InChI is InChI=1S/C31H50O/c1-20-21(2)26-23-10-11-25-29(6)14-9-13-27(3,4)24(29)12-15-31(25,8)30(23,7)17-16-28(26,5)18-22(20)19-32/h10,19-22,24-26H,9,11-18H2,1-8H3/t20-,21-,22?,24-,25?,26-,28-,29-,30+,31+/m0/s1. The van der Waals surface area contributed by atoms with Crippen molar-refractivity contribution in [2.45, 2.75) is 113 Å². The van der Waals surface area contributed by atoms with Gasteiger partial charge >= 0.3 is 0 Å². The minimum Gasteiger partial charge on any atom is -0.303 e. The second-order valence-electron chi connectivity index (χ2n) is 15.0. The zero-order valence-corrected chi connectivity index (χ0v) is 22.4. The molecule has 1 nitrogen and oxygen atoms in total. The molecule has 0 aromatic heterocycles. The van der Waals surface area contributed by atoms with Gasteiger partial charge in [0.25, 0.3) is 0 Å². The van der Waals surface area contributed by atoms with Crippen molar-refractivity contribution in [1.82, 2.24) is 0 Å². The van der Waals surface area contributed by atoms with Crippen molar-refractivity contribution in [3.05, 3.63) is 11.6 Å². The topological polar surface area (TPSA) is 17.1 Å². The van der Waals surface area contributed by atoms with E-state index in [9.17, 15) is 4.79 Å². The summed E-state index contributed by atoms with van der Waals surface area (Å²) >= 11 is 0. The summed E-state index contributed by atoms with van der Waals surface area (Å²) in [5.74, 6) is 3.74. The molecule has 0 aromatic carbocycles. The highest BCUT2D eigenvalue weighted by Gasteiger charge is 2.67. The maximum absolute atomic E-state index is 11.9. The number of allylic oxidation sites excluding steroid dienone is 2. The summed E-state index contributed by atoms with van der Waals surface area (Å²) in [6, 6.07) is 0. The normalized spacial score (nSPS) is 56.7. The Hall–Kier alpha value is -0.590. The summed E-state index contributed by atoms with van der Waals surface area (Å²) in [4.78, 5) is 11.9. The van der Waals surface area contributed by atoms with Crippen molar-refractivity contribution in [2.24, 2.45) is 62.6 Å². The van der Waals surface area contributed by atoms with Crippen LogP contribution in [0, 0.1) is 62.6 Å². The molecule has 32 heavy (non-hydrogen) atoms. The molecule has 4 saturated carbocycles. The fourth-order valence-corrected chi connectivity index (χ4v) is 11.3. The van der Waals surface area contributed by atoms with Gasteiger partial charge in [0.05, 0.1) is 0 Å². The molecule has 0 bridgehead atoms. The van der Waals surface area contributed by atoms with Crippen LogP contribution in [0.5, 0.6) is 0 Å². The van der Waals surface area contributed by atoms with Crippen LogP contribution in [0.15, 0.2) is 11.6 Å². The van der Waals surface area contributed by atoms with E-state index in [-0.39, 0.29) is 5.92 Å². The van der Waals surface area contributed by atoms with E-state index in [1.54, 1.807) is 0 Å². The number of hydrogen-bond donors (Lipinski definition) is 0. The summed E-state index contributed by atoms with van der Waals surface area (Å²) in [6.07, 6.45) is 16.2. The number of hydrogen-bond acceptors (Lipinski definition) is 1. The number of rotatable bonds is 1. The number of carbonyl (C=O) groups is 1. The molecule has 5 rings (SSSR count). The van der Waals surface area contributed by atoms with Crippen molar-refractivity contribution in [1.29, 1.82) is 0 Å². The summed E-state index contributed by atoms with van der Waals surface area (Å²) in [5.41, 5.74) is 3.88. The molecule has 0 aliphatic heterocycles. The van der Waals surface area contributed by atoms with E-state index in [2.05, 4.69) is 61.5 Å². The second-order valence-corrected chi connectivity index (χ2v) is 15.0. The molecule has 0 aromatic rings. The number of aldehydes is 1. The van der Waals surface area contributed by atoms with Crippen molar-refractivity contribution >= 4 is 6.29 Å². The first-order chi connectivity index (χ1) is 14.8. The van der Waals surface area contributed by atoms with E-state index in [4.69, 9.17) is 0 Å². The molecular weight excluding hydrogens is 388 g/mol. The molecule has 0 spiro atoms. The van der Waals surface area contributed by atoms with Gasteiger partial charge in [-0.1, -0.05) is 73.5 Å². The maximum atomic E-state index is 11.9. The monoisotopic (exact) mass is 438 g/mol. The Labute approximate surface area is 198 Å². The Morgan fingerprint density at radius 3 is 2.28 bits per heavy atom. The number of carbonyl (C=O) groups excluding carboxylic acids is 1. The van der Waals surface area contributed by atoms with Gasteiger partial charge in [-0.3, -0.25) is 0 Å². The molecule has 0 amide bonds. The average molecular weight is 439 g/mol. The Kier molecular flexibility index (Phi) is 5.05. The summed E-state index contributed by atoms with van der Waals surface area (Å²) in [5, 5.41) is 0. The second kappa shape index (κ2) is 6.97. The third-order valence-corrected chi connectivity index (χ3v) is 13.5. The summed E-state index contributed by atoms with van der Waals surface area (Å²) < 4.78 is 0.